The van der Waals surface area contributed by atoms with E-state index in [4.69, 9.17) is 19.4 Å². The maximum Gasteiger partial charge on any atom is 0.162 e. The first-order valence-corrected chi connectivity index (χ1v) is 8.07. The molecule has 0 amide bonds. The summed E-state index contributed by atoms with van der Waals surface area (Å²) in [5.74, 6) is 3.31. The Labute approximate surface area is 131 Å². The molecule has 1 aromatic carbocycles. The van der Waals surface area contributed by atoms with Gasteiger partial charge in [-0.1, -0.05) is 26.7 Å². The molecule has 2 aromatic rings. The molecule has 0 atom stereocenters. The van der Waals surface area contributed by atoms with Crippen LogP contribution in [0.3, 0.4) is 0 Å². The molecule has 1 heterocycles. The molecule has 4 heteroatoms. The Bertz CT molecular complexity index is 676. The van der Waals surface area contributed by atoms with Gasteiger partial charge in [0.1, 0.15) is 5.82 Å². The lowest BCUT2D eigenvalue weighted by Crippen LogP contribution is -2.06. The topological polar surface area (TPSA) is 44.2 Å². The van der Waals surface area contributed by atoms with Crippen molar-refractivity contribution in [2.45, 2.75) is 51.4 Å². The van der Waals surface area contributed by atoms with Crippen molar-refractivity contribution in [3.63, 3.8) is 0 Å². The van der Waals surface area contributed by atoms with Crippen LogP contribution in [0.4, 0.5) is 0 Å². The summed E-state index contributed by atoms with van der Waals surface area (Å²) in [5, 5.41) is 1.06. The quantitative estimate of drug-likeness (QED) is 0.838. The van der Waals surface area contributed by atoms with E-state index in [0.717, 1.165) is 33.9 Å². The van der Waals surface area contributed by atoms with E-state index in [2.05, 4.69) is 13.8 Å². The van der Waals surface area contributed by atoms with Gasteiger partial charge in [-0.25, -0.2) is 9.97 Å². The lowest BCUT2D eigenvalue weighted by atomic mass is 10.0. The zero-order chi connectivity index (χ0) is 15.7. The third kappa shape index (κ3) is 2.62. The van der Waals surface area contributed by atoms with E-state index in [1.165, 1.54) is 25.7 Å². The summed E-state index contributed by atoms with van der Waals surface area (Å²) in [5.41, 5.74) is 2.06. The second-order valence-electron chi connectivity index (χ2n) is 6.33. The van der Waals surface area contributed by atoms with Gasteiger partial charge in [-0.3, -0.25) is 0 Å². The van der Waals surface area contributed by atoms with E-state index < -0.39 is 0 Å². The van der Waals surface area contributed by atoms with E-state index in [-0.39, 0.29) is 0 Å². The normalized spacial score (nSPS) is 15.7. The van der Waals surface area contributed by atoms with E-state index in [1.54, 1.807) is 14.2 Å². The van der Waals surface area contributed by atoms with Gasteiger partial charge in [0.05, 0.1) is 25.4 Å². The van der Waals surface area contributed by atoms with Crippen molar-refractivity contribution in [3.05, 3.63) is 23.7 Å². The van der Waals surface area contributed by atoms with Gasteiger partial charge in [-0.05, 0) is 24.8 Å². The van der Waals surface area contributed by atoms with Gasteiger partial charge in [0, 0.05) is 17.4 Å². The SMILES string of the molecule is COc1cc2nc(C3CCCC3)nc(C(C)C)c2cc1OC. The molecular formula is C18H24N2O2. The van der Waals surface area contributed by atoms with Crippen LogP contribution in [0.2, 0.25) is 0 Å². The fourth-order valence-electron chi connectivity index (χ4n) is 3.30. The van der Waals surface area contributed by atoms with Crippen LogP contribution >= 0.6 is 0 Å². The number of benzene rings is 1. The minimum atomic E-state index is 0.351. The maximum atomic E-state index is 5.43. The monoisotopic (exact) mass is 300 g/mol. The smallest absolute Gasteiger partial charge is 0.162 e. The fourth-order valence-corrected chi connectivity index (χ4v) is 3.30. The predicted molar refractivity (Wildman–Crippen MR) is 87.9 cm³/mol. The lowest BCUT2D eigenvalue weighted by Gasteiger charge is -2.16. The Balaban J connectivity index is 2.21. The van der Waals surface area contributed by atoms with E-state index >= 15 is 0 Å². The summed E-state index contributed by atoms with van der Waals surface area (Å²) < 4.78 is 10.9. The molecule has 1 fully saturated rings. The summed E-state index contributed by atoms with van der Waals surface area (Å²) in [6.45, 7) is 4.35. The highest BCUT2D eigenvalue weighted by Gasteiger charge is 2.22. The van der Waals surface area contributed by atoms with E-state index in [1.807, 2.05) is 12.1 Å². The number of ether oxygens (including phenoxy) is 2. The lowest BCUT2D eigenvalue weighted by molar-refractivity contribution is 0.355. The van der Waals surface area contributed by atoms with Crippen LogP contribution in [-0.4, -0.2) is 24.2 Å². The van der Waals surface area contributed by atoms with Crippen LogP contribution in [-0.2, 0) is 0 Å². The van der Waals surface area contributed by atoms with Gasteiger partial charge < -0.3 is 9.47 Å². The van der Waals surface area contributed by atoms with Crippen molar-refractivity contribution in [2.75, 3.05) is 14.2 Å². The van der Waals surface area contributed by atoms with Crippen molar-refractivity contribution in [1.29, 1.82) is 0 Å². The number of fused-ring (bicyclic) bond motifs is 1. The van der Waals surface area contributed by atoms with Crippen molar-refractivity contribution >= 4 is 10.9 Å². The number of hydrogen-bond acceptors (Lipinski definition) is 4. The van der Waals surface area contributed by atoms with E-state index in [9.17, 15) is 0 Å². The Hall–Kier alpha value is -1.84. The first kappa shape index (κ1) is 15.1. The van der Waals surface area contributed by atoms with Gasteiger partial charge in [-0.15, -0.1) is 0 Å². The maximum absolute atomic E-state index is 5.43. The molecule has 1 aromatic heterocycles. The number of hydrogen-bond donors (Lipinski definition) is 0. The van der Waals surface area contributed by atoms with Crippen molar-refractivity contribution in [1.82, 2.24) is 9.97 Å². The molecule has 0 saturated heterocycles. The largest absolute Gasteiger partial charge is 0.493 e. The highest BCUT2D eigenvalue weighted by molar-refractivity contribution is 5.85. The van der Waals surface area contributed by atoms with Crippen molar-refractivity contribution in [3.8, 4) is 11.5 Å². The van der Waals surface area contributed by atoms with Crippen LogP contribution < -0.4 is 9.47 Å². The Morgan fingerprint density at radius 2 is 1.64 bits per heavy atom. The molecule has 0 aliphatic heterocycles. The molecular weight excluding hydrogens is 276 g/mol. The van der Waals surface area contributed by atoms with Crippen LogP contribution in [0, 0.1) is 0 Å². The van der Waals surface area contributed by atoms with Gasteiger partial charge in [0.2, 0.25) is 0 Å². The number of methoxy groups -OCH3 is 2. The summed E-state index contributed by atoms with van der Waals surface area (Å²) in [7, 11) is 3.32. The average Bonchev–Trinajstić information content (AvgIpc) is 3.06. The van der Waals surface area contributed by atoms with Gasteiger partial charge in [-0.2, -0.15) is 0 Å². The van der Waals surface area contributed by atoms with Gasteiger partial charge in [0.15, 0.2) is 11.5 Å². The zero-order valence-corrected chi connectivity index (χ0v) is 13.8. The highest BCUT2D eigenvalue weighted by atomic mass is 16.5. The van der Waals surface area contributed by atoms with Crippen molar-refractivity contribution in [2.24, 2.45) is 0 Å². The Kier molecular flexibility index (Phi) is 4.19. The molecule has 1 aliphatic carbocycles. The van der Waals surface area contributed by atoms with Crippen LogP contribution in [0.5, 0.6) is 11.5 Å². The van der Waals surface area contributed by atoms with Crippen molar-refractivity contribution < 1.29 is 9.47 Å². The van der Waals surface area contributed by atoms with Gasteiger partial charge in [0.25, 0.3) is 0 Å². The number of rotatable bonds is 4. The molecule has 0 N–H and O–H groups in total. The highest BCUT2D eigenvalue weighted by Crippen LogP contribution is 2.37. The van der Waals surface area contributed by atoms with Gasteiger partial charge >= 0.3 is 0 Å². The molecule has 0 unspecified atom stereocenters. The summed E-state index contributed by atoms with van der Waals surface area (Å²) >= 11 is 0. The molecule has 118 valence electrons. The predicted octanol–water partition coefficient (Wildman–Crippen LogP) is 4.43. The Morgan fingerprint density at radius 1 is 1.00 bits per heavy atom. The summed E-state index contributed by atoms with van der Waals surface area (Å²) in [6, 6.07) is 3.97. The molecule has 1 aliphatic rings. The van der Waals surface area contributed by atoms with Crippen LogP contribution in [0.1, 0.15) is 62.9 Å². The summed E-state index contributed by atoms with van der Waals surface area (Å²) in [6.07, 6.45) is 4.98. The summed E-state index contributed by atoms with van der Waals surface area (Å²) in [4.78, 5) is 9.74. The first-order valence-electron chi connectivity index (χ1n) is 8.07. The average molecular weight is 300 g/mol. The minimum Gasteiger partial charge on any atom is -0.493 e. The minimum absolute atomic E-state index is 0.351. The first-order chi connectivity index (χ1) is 10.6. The number of nitrogens with zero attached hydrogens (tertiary/aromatic N) is 2. The molecule has 1 saturated carbocycles. The van der Waals surface area contributed by atoms with Crippen LogP contribution in [0.15, 0.2) is 12.1 Å². The standard InChI is InChI=1S/C18H24N2O2/c1-11(2)17-13-9-15(21-3)16(22-4)10-14(13)19-18(20-17)12-7-5-6-8-12/h9-12H,5-8H2,1-4H3. The Morgan fingerprint density at radius 3 is 2.23 bits per heavy atom. The fraction of sp³-hybridized carbons (Fsp3) is 0.556. The molecule has 3 rings (SSSR count). The number of aromatic nitrogens is 2. The van der Waals surface area contributed by atoms with Crippen LogP contribution in [0.25, 0.3) is 10.9 Å². The molecule has 4 nitrogen and oxygen atoms in total. The third-order valence-electron chi connectivity index (χ3n) is 4.52. The molecule has 0 spiro atoms. The second kappa shape index (κ2) is 6.11. The molecule has 22 heavy (non-hydrogen) atoms. The second-order valence-corrected chi connectivity index (χ2v) is 6.33. The molecule has 0 radical (unpaired) electrons. The third-order valence-corrected chi connectivity index (χ3v) is 4.52. The zero-order valence-electron chi connectivity index (χ0n) is 13.8. The van der Waals surface area contributed by atoms with E-state index in [0.29, 0.717) is 11.8 Å². The molecule has 0 bridgehead atoms.